The van der Waals surface area contributed by atoms with Gasteiger partial charge in [-0.3, -0.25) is 0 Å². The average Bonchev–Trinajstić information content (AvgIpc) is 1.87. The monoisotopic (exact) mass is 184 g/mol. The molecule has 4 nitrogen and oxygen atoms in total. The van der Waals surface area contributed by atoms with E-state index in [1.54, 1.807) is 13.8 Å². The molecule has 0 amide bonds. The molecule has 6 heteroatoms. The summed E-state index contributed by atoms with van der Waals surface area (Å²) in [5.41, 5.74) is 0. The Morgan fingerprint density at radius 2 is 1.07 bits per heavy atom. The topological polar surface area (TPSA) is 80.3 Å². The Labute approximate surface area is 107 Å². The van der Waals surface area contributed by atoms with E-state index in [2.05, 4.69) is 0 Å². The molecule has 0 saturated heterocycles. The maximum absolute atomic E-state index is 9.40. The van der Waals surface area contributed by atoms with Crippen molar-refractivity contribution < 1.29 is 57.5 Å². The van der Waals surface area contributed by atoms with Crippen LogP contribution in [0.4, 0.5) is 0 Å². The van der Waals surface area contributed by atoms with Crippen molar-refractivity contribution >= 4 is 11.9 Å². The molecule has 0 aromatic rings. The number of allylic oxidation sites excluding steroid dienone is 2. The van der Waals surface area contributed by atoms with Crippen molar-refractivity contribution in [3.05, 3.63) is 24.3 Å². The second-order valence-electron chi connectivity index (χ2n) is 1.64. The van der Waals surface area contributed by atoms with Gasteiger partial charge in [-0.2, -0.15) is 0 Å². The standard InChI is InChI=1S/2C4H6O2.2Li/c2*1-2-3-4(5)6;;/h2*2-3H,1H3,(H,5,6);;/q;;2*+1/p-2/b2*3-2+;;. The van der Waals surface area contributed by atoms with Gasteiger partial charge in [0.2, 0.25) is 0 Å². The summed E-state index contributed by atoms with van der Waals surface area (Å²) in [5.74, 6) is -2.28. The number of carboxylic acids is 2. The van der Waals surface area contributed by atoms with Crippen LogP contribution in [-0.4, -0.2) is 11.9 Å². The summed E-state index contributed by atoms with van der Waals surface area (Å²) < 4.78 is 0. The van der Waals surface area contributed by atoms with Crippen LogP contribution in [0.25, 0.3) is 0 Å². The number of aliphatic carboxylic acids is 2. The van der Waals surface area contributed by atoms with E-state index in [0.29, 0.717) is 0 Å². The molecule has 0 rings (SSSR count). The quantitative estimate of drug-likeness (QED) is 0.315. The zero-order valence-electron chi connectivity index (χ0n) is 8.94. The Bertz CT molecular complexity index is 178. The molecule has 0 aromatic heterocycles. The van der Waals surface area contributed by atoms with Crippen LogP contribution in [0, 0.1) is 0 Å². The Hall–Kier alpha value is -0.385. The van der Waals surface area contributed by atoms with Crippen LogP contribution in [0.15, 0.2) is 24.3 Å². The van der Waals surface area contributed by atoms with Crippen molar-refractivity contribution in [2.45, 2.75) is 13.8 Å². The maximum atomic E-state index is 9.40. The largest absolute Gasteiger partial charge is 1.00 e. The zero-order chi connectivity index (χ0) is 9.98. The predicted octanol–water partition coefficient (Wildman–Crippen LogP) is -7.37. The second kappa shape index (κ2) is 18.4. The number of hydrogen-bond donors (Lipinski definition) is 0. The van der Waals surface area contributed by atoms with Crippen LogP contribution >= 0.6 is 0 Å². The first-order valence-corrected chi connectivity index (χ1v) is 3.22. The van der Waals surface area contributed by atoms with Crippen LogP contribution in [0.1, 0.15) is 13.8 Å². The normalized spacial score (nSPS) is 8.14. The third-order valence-corrected chi connectivity index (χ3v) is 0.605. The van der Waals surface area contributed by atoms with Gasteiger partial charge in [-0.25, -0.2) is 0 Å². The summed E-state index contributed by atoms with van der Waals surface area (Å²) in [7, 11) is 0. The summed E-state index contributed by atoms with van der Waals surface area (Å²) in [6, 6.07) is 0. The first kappa shape index (κ1) is 23.4. The zero-order valence-corrected chi connectivity index (χ0v) is 8.94. The second-order valence-corrected chi connectivity index (χ2v) is 1.64. The van der Waals surface area contributed by atoms with Gasteiger partial charge < -0.3 is 19.8 Å². The number of rotatable bonds is 2. The van der Waals surface area contributed by atoms with Gasteiger partial charge in [0, 0.05) is 0 Å². The van der Waals surface area contributed by atoms with Crippen LogP contribution in [0.3, 0.4) is 0 Å². The van der Waals surface area contributed by atoms with Crippen LogP contribution < -0.4 is 47.9 Å². The minimum absolute atomic E-state index is 0. The molecule has 0 bridgehead atoms. The molecule has 0 aliphatic rings. The molecule has 0 fully saturated rings. The number of carbonyl (C=O) groups excluding carboxylic acids is 2. The average molecular weight is 184 g/mol. The van der Waals surface area contributed by atoms with Crippen molar-refractivity contribution in [3.8, 4) is 0 Å². The molecule has 0 saturated carbocycles. The van der Waals surface area contributed by atoms with E-state index in [0.717, 1.165) is 12.2 Å². The molecule has 0 aliphatic carbocycles. The van der Waals surface area contributed by atoms with Gasteiger partial charge in [-0.1, -0.05) is 12.2 Å². The van der Waals surface area contributed by atoms with Crippen molar-refractivity contribution in [2.75, 3.05) is 0 Å². The van der Waals surface area contributed by atoms with Gasteiger partial charge >= 0.3 is 37.7 Å². The van der Waals surface area contributed by atoms with E-state index in [4.69, 9.17) is 0 Å². The van der Waals surface area contributed by atoms with Gasteiger partial charge in [0.05, 0.1) is 11.9 Å². The fourth-order valence-electron chi connectivity index (χ4n) is 0.272. The van der Waals surface area contributed by atoms with Crippen molar-refractivity contribution in [2.24, 2.45) is 0 Å². The van der Waals surface area contributed by atoms with Gasteiger partial charge in [-0.05, 0) is 26.0 Å². The Balaban J connectivity index is -0.0000000625. The summed E-state index contributed by atoms with van der Waals surface area (Å²) in [4.78, 5) is 18.8. The first-order valence-electron chi connectivity index (χ1n) is 3.22. The van der Waals surface area contributed by atoms with Crippen molar-refractivity contribution in [1.29, 1.82) is 0 Å². The Kier molecular flexibility index (Phi) is 30.8. The van der Waals surface area contributed by atoms with Crippen molar-refractivity contribution in [1.82, 2.24) is 0 Å². The van der Waals surface area contributed by atoms with Gasteiger partial charge in [0.15, 0.2) is 0 Å². The van der Waals surface area contributed by atoms with Gasteiger partial charge in [0.1, 0.15) is 0 Å². The summed E-state index contributed by atoms with van der Waals surface area (Å²) in [5, 5.41) is 18.8. The number of hydrogen-bond acceptors (Lipinski definition) is 4. The molecule has 0 aliphatic heterocycles. The summed E-state index contributed by atoms with van der Waals surface area (Å²) in [6.45, 7) is 3.24. The summed E-state index contributed by atoms with van der Waals surface area (Å²) >= 11 is 0. The van der Waals surface area contributed by atoms with Crippen LogP contribution in [-0.2, 0) is 9.59 Å². The maximum Gasteiger partial charge on any atom is 1.00 e. The van der Waals surface area contributed by atoms with Crippen LogP contribution in [0.5, 0.6) is 0 Å². The molecule has 0 radical (unpaired) electrons. The van der Waals surface area contributed by atoms with Crippen LogP contribution in [0.2, 0.25) is 0 Å². The molecule has 0 heterocycles. The Morgan fingerprint density at radius 1 is 0.857 bits per heavy atom. The number of carbonyl (C=O) groups is 2. The smallest absolute Gasteiger partial charge is 0.545 e. The van der Waals surface area contributed by atoms with E-state index in [-0.39, 0.29) is 37.7 Å². The fraction of sp³-hybridized carbons (Fsp3) is 0.250. The van der Waals surface area contributed by atoms with E-state index in [1.165, 1.54) is 12.2 Å². The van der Waals surface area contributed by atoms with E-state index in [9.17, 15) is 19.8 Å². The van der Waals surface area contributed by atoms with E-state index in [1.807, 2.05) is 0 Å². The summed E-state index contributed by atoms with van der Waals surface area (Å²) in [6.07, 6.45) is 4.77. The molecular formula is C8H10Li2O4. The fourth-order valence-corrected chi connectivity index (χ4v) is 0.272. The molecule has 0 aromatic carbocycles. The van der Waals surface area contributed by atoms with E-state index >= 15 is 0 Å². The van der Waals surface area contributed by atoms with Gasteiger partial charge in [0.25, 0.3) is 0 Å². The third-order valence-electron chi connectivity index (χ3n) is 0.605. The minimum Gasteiger partial charge on any atom is -0.545 e. The number of carboxylic acid groups (broad SMARTS) is 2. The molecule has 0 N–H and O–H groups in total. The minimum atomic E-state index is -1.14. The Morgan fingerprint density at radius 3 is 1.07 bits per heavy atom. The van der Waals surface area contributed by atoms with Gasteiger partial charge in [-0.15, -0.1) is 0 Å². The molecule has 0 unspecified atom stereocenters. The third kappa shape index (κ3) is 41.5. The SMILES string of the molecule is C/C=C/C(=O)[O-].C/C=C/C(=O)[O-].[Li+].[Li+]. The van der Waals surface area contributed by atoms with E-state index < -0.39 is 11.9 Å². The molecule has 14 heavy (non-hydrogen) atoms. The van der Waals surface area contributed by atoms with Crippen molar-refractivity contribution in [3.63, 3.8) is 0 Å². The molecule has 0 atom stereocenters. The predicted molar refractivity (Wildman–Crippen MR) is 39.6 cm³/mol. The molecule has 0 spiro atoms. The first-order chi connectivity index (χ1) is 5.54. The molecule has 68 valence electrons. The molecular weight excluding hydrogens is 174 g/mol.